The van der Waals surface area contributed by atoms with Gasteiger partial charge in [-0.3, -0.25) is 4.90 Å². The molecular weight excluding hydrogens is 305 g/mol. The Morgan fingerprint density at radius 3 is 2.79 bits per heavy atom. The second-order valence-corrected chi connectivity index (χ2v) is 7.30. The Hall–Kier alpha value is -2.01. The molecule has 0 aliphatic carbocycles. The van der Waals surface area contributed by atoms with Crippen LogP contribution in [0.4, 0.5) is 4.39 Å². The fraction of sp³-hybridized carbons (Fsp3) is 0.474. The molecule has 0 saturated heterocycles. The van der Waals surface area contributed by atoms with Crippen LogP contribution in [0.1, 0.15) is 43.4 Å². The van der Waals surface area contributed by atoms with E-state index in [2.05, 4.69) is 30.7 Å². The fourth-order valence-corrected chi connectivity index (χ4v) is 2.98. The first-order valence-electron chi connectivity index (χ1n) is 8.27. The highest BCUT2D eigenvalue weighted by atomic mass is 19.1. The van der Waals surface area contributed by atoms with E-state index < -0.39 is 0 Å². The van der Waals surface area contributed by atoms with Crippen molar-refractivity contribution in [3.63, 3.8) is 0 Å². The number of fused-ring (bicyclic) bond motifs is 1. The first-order valence-corrected chi connectivity index (χ1v) is 8.27. The third-order valence-corrected chi connectivity index (χ3v) is 4.36. The van der Waals surface area contributed by atoms with Gasteiger partial charge >= 0.3 is 0 Å². The van der Waals surface area contributed by atoms with E-state index in [1.807, 2.05) is 6.20 Å². The number of halogens is 1. The van der Waals surface area contributed by atoms with Crippen molar-refractivity contribution in [1.82, 2.24) is 14.9 Å². The fourth-order valence-electron chi connectivity index (χ4n) is 2.98. The van der Waals surface area contributed by atoms with Crippen LogP contribution in [0.25, 0.3) is 0 Å². The minimum Gasteiger partial charge on any atom is -0.496 e. The van der Waals surface area contributed by atoms with Crippen molar-refractivity contribution < 1.29 is 9.13 Å². The molecule has 0 N–H and O–H groups in total. The Morgan fingerprint density at radius 1 is 1.29 bits per heavy atom. The third-order valence-electron chi connectivity index (χ3n) is 4.36. The summed E-state index contributed by atoms with van der Waals surface area (Å²) in [6.45, 7) is 8.47. The molecule has 1 aromatic heterocycles. The molecular formula is C19H24FN3O. The van der Waals surface area contributed by atoms with E-state index in [0.717, 1.165) is 36.6 Å². The van der Waals surface area contributed by atoms with Gasteiger partial charge in [0.2, 0.25) is 0 Å². The Kier molecular flexibility index (Phi) is 4.54. The summed E-state index contributed by atoms with van der Waals surface area (Å²) in [5.74, 6) is 1.25. The molecule has 2 heterocycles. The molecule has 0 unspecified atom stereocenters. The molecule has 0 fully saturated rings. The largest absolute Gasteiger partial charge is 0.496 e. The van der Waals surface area contributed by atoms with Crippen molar-refractivity contribution in [3.05, 3.63) is 52.9 Å². The second kappa shape index (κ2) is 6.48. The lowest BCUT2D eigenvalue weighted by atomic mass is 9.95. The molecule has 0 saturated carbocycles. The van der Waals surface area contributed by atoms with Crippen LogP contribution in [-0.2, 0) is 24.9 Å². The normalized spacial score (nSPS) is 15.2. The number of aromatic nitrogens is 2. The van der Waals surface area contributed by atoms with Crippen molar-refractivity contribution >= 4 is 0 Å². The van der Waals surface area contributed by atoms with Crippen molar-refractivity contribution in [3.8, 4) is 5.75 Å². The zero-order valence-corrected chi connectivity index (χ0v) is 14.8. The lowest BCUT2D eigenvalue weighted by molar-refractivity contribution is 0.234. The predicted octanol–water partition coefficient (Wildman–Crippen LogP) is 3.48. The first-order chi connectivity index (χ1) is 11.4. The summed E-state index contributed by atoms with van der Waals surface area (Å²) in [6.07, 6.45) is 2.78. The molecule has 0 atom stereocenters. The molecule has 0 spiro atoms. The summed E-state index contributed by atoms with van der Waals surface area (Å²) in [4.78, 5) is 11.5. The molecule has 1 aliphatic heterocycles. The number of benzene rings is 1. The molecule has 4 nitrogen and oxygen atoms in total. The van der Waals surface area contributed by atoms with E-state index in [1.54, 1.807) is 19.2 Å². The third kappa shape index (κ3) is 3.41. The summed E-state index contributed by atoms with van der Waals surface area (Å²) in [5, 5.41) is 0. The van der Waals surface area contributed by atoms with Gasteiger partial charge in [0.15, 0.2) is 0 Å². The van der Waals surface area contributed by atoms with Crippen LogP contribution >= 0.6 is 0 Å². The average molecular weight is 329 g/mol. The van der Waals surface area contributed by atoms with Gasteiger partial charge in [0, 0.05) is 54.5 Å². The molecule has 3 rings (SSSR count). The van der Waals surface area contributed by atoms with E-state index in [9.17, 15) is 4.39 Å². The number of hydrogen-bond acceptors (Lipinski definition) is 4. The van der Waals surface area contributed by atoms with Crippen LogP contribution in [0.15, 0.2) is 24.4 Å². The lowest BCUT2D eigenvalue weighted by Crippen LogP contribution is -2.32. The van der Waals surface area contributed by atoms with Gasteiger partial charge < -0.3 is 4.74 Å². The molecule has 24 heavy (non-hydrogen) atoms. The maximum atomic E-state index is 14.1. The maximum Gasteiger partial charge on any atom is 0.133 e. The Balaban J connectivity index is 1.79. The van der Waals surface area contributed by atoms with Crippen LogP contribution in [0.5, 0.6) is 5.75 Å². The van der Waals surface area contributed by atoms with Gasteiger partial charge in [-0.1, -0.05) is 26.8 Å². The highest BCUT2D eigenvalue weighted by Gasteiger charge is 2.24. The highest BCUT2D eigenvalue weighted by molar-refractivity contribution is 5.35. The van der Waals surface area contributed by atoms with Crippen LogP contribution in [0.3, 0.4) is 0 Å². The zero-order valence-electron chi connectivity index (χ0n) is 14.8. The number of hydrogen-bond donors (Lipinski definition) is 0. The Bertz CT molecular complexity index is 740. The highest BCUT2D eigenvalue weighted by Crippen LogP contribution is 2.27. The molecule has 0 radical (unpaired) electrons. The molecule has 0 amide bonds. The quantitative estimate of drug-likeness (QED) is 0.864. The van der Waals surface area contributed by atoms with Crippen molar-refractivity contribution in [2.45, 2.75) is 45.7 Å². The maximum absolute atomic E-state index is 14.1. The topological polar surface area (TPSA) is 38.2 Å². The van der Waals surface area contributed by atoms with Crippen molar-refractivity contribution in [2.75, 3.05) is 13.7 Å². The first kappa shape index (κ1) is 16.8. The van der Waals surface area contributed by atoms with E-state index in [1.165, 1.54) is 6.07 Å². The minimum atomic E-state index is -0.223. The summed E-state index contributed by atoms with van der Waals surface area (Å²) >= 11 is 0. The smallest absolute Gasteiger partial charge is 0.133 e. The van der Waals surface area contributed by atoms with Crippen LogP contribution in [-0.4, -0.2) is 28.5 Å². The molecule has 0 bridgehead atoms. The summed E-state index contributed by atoms with van der Waals surface area (Å²) < 4.78 is 19.4. The van der Waals surface area contributed by atoms with E-state index >= 15 is 0 Å². The van der Waals surface area contributed by atoms with E-state index in [4.69, 9.17) is 9.72 Å². The number of methoxy groups -OCH3 is 1. The zero-order chi connectivity index (χ0) is 17.3. The van der Waals surface area contributed by atoms with Crippen LogP contribution < -0.4 is 4.74 Å². The molecule has 5 heteroatoms. The molecule has 1 aliphatic rings. The molecule has 2 aromatic rings. The number of nitrogens with zero attached hydrogens (tertiary/aromatic N) is 3. The lowest BCUT2D eigenvalue weighted by Gasteiger charge is -2.29. The summed E-state index contributed by atoms with van der Waals surface area (Å²) in [5.41, 5.74) is 2.80. The van der Waals surface area contributed by atoms with E-state index in [0.29, 0.717) is 17.9 Å². The summed E-state index contributed by atoms with van der Waals surface area (Å²) in [7, 11) is 1.58. The molecule has 1 aromatic carbocycles. The Labute approximate surface area is 142 Å². The summed E-state index contributed by atoms with van der Waals surface area (Å²) in [6, 6.07) is 4.95. The van der Waals surface area contributed by atoms with Gasteiger partial charge in [-0.15, -0.1) is 0 Å². The van der Waals surface area contributed by atoms with Crippen LogP contribution in [0.2, 0.25) is 0 Å². The second-order valence-electron chi connectivity index (χ2n) is 7.30. The number of ether oxygens (including phenoxy) is 1. The standard InChI is InChI=1S/C19H24FN3O/c1-19(2,3)18-21-10-13-11-23(9-8-16(13)22-18)12-14-15(20)6-5-7-17(14)24-4/h5-7,10H,8-9,11-12H2,1-4H3. The number of rotatable bonds is 3. The van der Waals surface area contributed by atoms with Gasteiger partial charge in [-0.25, -0.2) is 14.4 Å². The van der Waals surface area contributed by atoms with Crippen LogP contribution in [0, 0.1) is 5.82 Å². The van der Waals surface area contributed by atoms with E-state index in [-0.39, 0.29) is 11.2 Å². The van der Waals surface area contributed by atoms with Gasteiger partial charge in [0.1, 0.15) is 17.4 Å². The average Bonchev–Trinajstić information content (AvgIpc) is 2.55. The van der Waals surface area contributed by atoms with Crippen molar-refractivity contribution in [2.24, 2.45) is 0 Å². The van der Waals surface area contributed by atoms with Gasteiger partial charge in [0.25, 0.3) is 0 Å². The minimum absolute atomic E-state index is 0.0489. The molecule has 128 valence electrons. The predicted molar refractivity (Wildman–Crippen MR) is 91.5 cm³/mol. The van der Waals surface area contributed by atoms with Gasteiger partial charge in [0.05, 0.1) is 7.11 Å². The Morgan fingerprint density at radius 2 is 2.08 bits per heavy atom. The van der Waals surface area contributed by atoms with Gasteiger partial charge in [-0.2, -0.15) is 0 Å². The SMILES string of the molecule is COc1cccc(F)c1CN1CCc2nc(C(C)(C)C)ncc2C1. The van der Waals surface area contributed by atoms with Crippen molar-refractivity contribution in [1.29, 1.82) is 0 Å². The monoisotopic (exact) mass is 329 g/mol. The van der Waals surface area contributed by atoms with Gasteiger partial charge in [-0.05, 0) is 12.1 Å².